The molecule has 0 amide bonds. The Kier molecular flexibility index (Phi) is 6.23. The number of rotatable bonds is 7. The molecule has 0 aliphatic heterocycles. The van der Waals surface area contributed by atoms with E-state index in [1.807, 2.05) is 0 Å². The van der Waals surface area contributed by atoms with Gasteiger partial charge in [0.2, 0.25) is 0 Å². The van der Waals surface area contributed by atoms with Crippen LogP contribution in [-0.4, -0.2) is 25.0 Å². The highest BCUT2D eigenvalue weighted by Gasteiger charge is 2.07. The van der Waals surface area contributed by atoms with Gasteiger partial charge in [-0.2, -0.15) is 0 Å². The summed E-state index contributed by atoms with van der Waals surface area (Å²) >= 11 is 0. The average molecular weight is 234 g/mol. The lowest BCUT2D eigenvalue weighted by Gasteiger charge is -2.19. The second-order valence-corrected chi connectivity index (χ2v) is 4.96. The highest BCUT2D eigenvalue weighted by atomic mass is 15.1. The molecule has 96 valence electrons. The topological polar surface area (TPSA) is 29.3 Å². The fraction of sp³-hybridized carbons (Fsp3) is 0.600. The zero-order valence-electron chi connectivity index (χ0n) is 11.4. The minimum Gasteiger partial charge on any atom is -0.324 e. The standard InChI is InChI=1S/C15H26N2/c1-4-5-11-17(3)12-10-15(16)14-8-6-13(2)7-9-14/h6-9,15H,4-5,10-12,16H2,1-3H3. The molecule has 1 rings (SSSR count). The second kappa shape index (κ2) is 7.46. The van der Waals surface area contributed by atoms with Gasteiger partial charge in [0.15, 0.2) is 0 Å². The second-order valence-electron chi connectivity index (χ2n) is 4.96. The van der Waals surface area contributed by atoms with Crippen LogP contribution in [-0.2, 0) is 0 Å². The third-order valence-corrected chi connectivity index (χ3v) is 3.22. The molecule has 0 saturated carbocycles. The van der Waals surface area contributed by atoms with Crippen LogP contribution < -0.4 is 5.73 Å². The molecule has 1 aromatic rings. The van der Waals surface area contributed by atoms with Crippen molar-refractivity contribution in [3.05, 3.63) is 35.4 Å². The Morgan fingerprint density at radius 1 is 1.18 bits per heavy atom. The van der Waals surface area contributed by atoms with Crippen molar-refractivity contribution in [2.24, 2.45) is 5.73 Å². The fourth-order valence-electron chi connectivity index (χ4n) is 1.88. The Morgan fingerprint density at radius 2 is 1.82 bits per heavy atom. The maximum absolute atomic E-state index is 6.20. The smallest absolute Gasteiger partial charge is 0.0307 e. The van der Waals surface area contributed by atoms with Gasteiger partial charge in [0.25, 0.3) is 0 Å². The van der Waals surface area contributed by atoms with Crippen LogP contribution in [0.15, 0.2) is 24.3 Å². The SMILES string of the molecule is CCCCN(C)CCC(N)c1ccc(C)cc1. The number of nitrogens with zero attached hydrogens (tertiary/aromatic N) is 1. The van der Waals surface area contributed by atoms with Crippen molar-refractivity contribution in [3.8, 4) is 0 Å². The molecule has 17 heavy (non-hydrogen) atoms. The summed E-state index contributed by atoms with van der Waals surface area (Å²) < 4.78 is 0. The van der Waals surface area contributed by atoms with Crippen molar-refractivity contribution in [2.45, 2.75) is 39.2 Å². The fourth-order valence-corrected chi connectivity index (χ4v) is 1.88. The van der Waals surface area contributed by atoms with Crippen molar-refractivity contribution < 1.29 is 0 Å². The van der Waals surface area contributed by atoms with Gasteiger partial charge in [-0.05, 0) is 45.5 Å². The Bertz CT molecular complexity index is 305. The van der Waals surface area contributed by atoms with Gasteiger partial charge in [-0.25, -0.2) is 0 Å². The minimum absolute atomic E-state index is 0.166. The molecular weight excluding hydrogens is 208 g/mol. The van der Waals surface area contributed by atoms with Gasteiger partial charge in [0, 0.05) is 6.04 Å². The molecule has 0 saturated heterocycles. The number of hydrogen-bond acceptors (Lipinski definition) is 2. The molecule has 1 atom stereocenters. The number of nitrogens with two attached hydrogens (primary N) is 1. The van der Waals surface area contributed by atoms with E-state index in [1.54, 1.807) is 0 Å². The first-order valence-electron chi connectivity index (χ1n) is 6.64. The predicted molar refractivity (Wildman–Crippen MR) is 75.1 cm³/mol. The molecule has 0 aromatic heterocycles. The normalized spacial score (nSPS) is 13.0. The van der Waals surface area contributed by atoms with Gasteiger partial charge in [0.1, 0.15) is 0 Å². The van der Waals surface area contributed by atoms with Crippen molar-refractivity contribution in [2.75, 3.05) is 20.1 Å². The molecule has 0 spiro atoms. The number of hydrogen-bond donors (Lipinski definition) is 1. The third kappa shape index (κ3) is 5.33. The number of aryl methyl sites for hydroxylation is 1. The van der Waals surface area contributed by atoms with Crippen LogP contribution in [0.25, 0.3) is 0 Å². The first-order chi connectivity index (χ1) is 8.13. The molecule has 2 nitrogen and oxygen atoms in total. The summed E-state index contributed by atoms with van der Waals surface area (Å²) in [5.41, 5.74) is 8.74. The van der Waals surface area contributed by atoms with Crippen LogP contribution in [0.2, 0.25) is 0 Å². The summed E-state index contributed by atoms with van der Waals surface area (Å²) in [4.78, 5) is 2.37. The third-order valence-electron chi connectivity index (χ3n) is 3.22. The Hall–Kier alpha value is -0.860. The first kappa shape index (κ1) is 14.2. The summed E-state index contributed by atoms with van der Waals surface area (Å²) in [7, 11) is 2.18. The highest BCUT2D eigenvalue weighted by Crippen LogP contribution is 2.15. The van der Waals surface area contributed by atoms with Gasteiger partial charge >= 0.3 is 0 Å². The lowest BCUT2D eigenvalue weighted by atomic mass is 10.0. The molecule has 0 heterocycles. The Labute approximate surface area is 106 Å². The van der Waals surface area contributed by atoms with E-state index in [-0.39, 0.29) is 6.04 Å². The van der Waals surface area contributed by atoms with E-state index in [0.29, 0.717) is 0 Å². The van der Waals surface area contributed by atoms with E-state index in [4.69, 9.17) is 5.73 Å². The minimum atomic E-state index is 0.166. The van der Waals surface area contributed by atoms with Crippen LogP contribution >= 0.6 is 0 Å². The highest BCUT2D eigenvalue weighted by molar-refractivity contribution is 5.23. The van der Waals surface area contributed by atoms with Gasteiger partial charge in [-0.15, -0.1) is 0 Å². The molecule has 0 radical (unpaired) electrons. The number of benzene rings is 1. The molecule has 0 aliphatic rings. The quantitative estimate of drug-likeness (QED) is 0.785. The van der Waals surface area contributed by atoms with E-state index >= 15 is 0 Å². The largest absolute Gasteiger partial charge is 0.324 e. The van der Waals surface area contributed by atoms with Crippen molar-refractivity contribution in [1.82, 2.24) is 4.90 Å². The predicted octanol–water partition coefficient (Wildman–Crippen LogP) is 3.12. The van der Waals surface area contributed by atoms with Crippen molar-refractivity contribution >= 4 is 0 Å². The maximum atomic E-state index is 6.20. The van der Waals surface area contributed by atoms with E-state index < -0.39 is 0 Å². The molecule has 1 aromatic carbocycles. The average Bonchev–Trinajstić information content (AvgIpc) is 2.34. The molecule has 0 bridgehead atoms. The lowest BCUT2D eigenvalue weighted by Crippen LogP contribution is -2.24. The van der Waals surface area contributed by atoms with Gasteiger partial charge < -0.3 is 10.6 Å². The lowest BCUT2D eigenvalue weighted by molar-refractivity contribution is 0.313. The van der Waals surface area contributed by atoms with Crippen LogP contribution in [0.4, 0.5) is 0 Å². The Morgan fingerprint density at radius 3 is 2.41 bits per heavy atom. The molecule has 2 N–H and O–H groups in total. The molecule has 0 fully saturated rings. The van der Waals surface area contributed by atoms with Gasteiger partial charge in [-0.1, -0.05) is 43.2 Å². The van der Waals surface area contributed by atoms with Gasteiger partial charge in [0.05, 0.1) is 0 Å². The van der Waals surface area contributed by atoms with E-state index in [0.717, 1.165) is 13.0 Å². The van der Waals surface area contributed by atoms with Crippen LogP contribution in [0.3, 0.4) is 0 Å². The van der Waals surface area contributed by atoms with E-state index in [9.17, 15) is 0 Å². The molecule has 1 unspecified atom stereocenters. The van der Waals surface area contributed by atoms with Crippen LogP contribution in [0.5, 0.6) is 0 Å². The molecule has 2 heteroatoms. The zero-order chi connectivity index (χ0) is 12.7. The monoisotopic (exact) mass is 234 g/mol. The summed E-state index contributed by atoms with van der Waals surface area (Å²) in [5.74, 6) is 0. The van der Waals surface area contributed by atoms with Crippen molar-refractivity contribution in [1.29, 1.82) is 0 Å². The summed E-state index contributed by atoms with van der Waals surface area (Å²) in [6, 6.07) is 8.73. The van der Waals surface area contributed by atoms with Crippen LogP contribution in [0.1, 0.15) is 43.4 Å². The van der Waals surface area contributed by atoms with Crippen molar-refractivity contribution in [3.63, 3.8) is 0 Å². The van der Waals surface area contributed by atoms with E-state index in [1.165, 1.54) is 30.5 Å². The Balaban J connectivity index is 2.34. The zero-order valence-corrected chi connectivity index (χ0v) is 11.4. The summed E-state index contributed by atoms with van der Waals surface area (Å²) in [6.45, 7) is 6.59. The molecule has 0 aliphatic carbocycles. The van der Waals surface area contributed by atoms with Gasteiger partial charge in [-0.3, -0.25) is 0 Å². The molecular formula is C15H26N2. The summed E-state index contributed by atoms with van der Waals surface area (Å²) in [5, 5.41) is 0. The maximum Gasteiger partial charge on any atom is 0.0307 e. The first-order valence-corrected chi connectivity index (χ1v) is 6.64. The van der Waals surface area contributed by atoms with Crippen LogP contribution in [0, 0.1) is 6.92 Å². The van der Waals surface area contributed by atoms with E-state index in [2.05, 4.69) is 50.1 Å². The number of unbranched alkanes of at least 4 members (excludes halogenated alkanes) is 1. The summed E-state index contributed by atoms with van der Waals surface area (Å²) in [6.07, 6.45) is 3.56.